The van der Waals surface area contributed by atoms with Gasteiger partial charge in [-0.05, 0) is 37.5 Å². The Hall–Kier alpha value is -0.880. The van der Waals surface area contributed by atoms with Gasteiger partial charge in [-0.3, -0.25) is 4.79 Å². The maximum atomic E-state index is 13.1. The molecule has 1 unspecified atom stereocenters. The van der Waals surface area contributed by atoms with Crippen molar-refractivity contribution >= 4 is 15.9 Å². The lowest BCUT2D eigenvalue weighted by atomic mass is 9.69. The summed E-state index contributed by atoms with van der Waals surface area (Å²) in [7, 11) is -2.01. The minimum atomic E-state index is -3.56. The molecule has 1 saturated heterocycles. The molecule has 3 aliphatic rings. The molecule has 3 rings (SSSR count). The number of carbonyl (C=O) groups excluding carboxylic acids is 1. The van der Waals surface area contributed by atoms with E-state index in [2.05, 4.69) is 13.8 Å². The molecule has 0 aromatic heterocycles. The highest BCUT2D eigenvalue weighted by molar-refractivity contribution is 7.90. The van der Waals surface area contributed by atoms with Gasteiger partial charge in [-0.1, -0.05) is 32.9 Å². The fourth-order valence-corrected chi connectivity index (χ4v) is 8.17. The van der Waals surface area contributed by atoms with Crippen LogP contribution in [0.4, 0.5) is 0 Å². The molecule has 3 fully saturated rings. The van der Waals surface area contributed by atoms with E-state index in [0.717, 1.165) is 19.3 Å². The van der Waals surface area contributed by atoms with Crippen molar-refractivity contribution in [2.75, 3.05) is 12.9 Å². The molecule has 0 N–H and O–H groups in total. The number of hydrogen-bond acceptors (Lipinski definition) is 4. The summed E-state index contributed by atoms with van der Waals surface area (Å²) in [5.74, 6) is -0.200. The second-order valence-electron chi connectivity index (χ2n) is 8.27. The SMILES string of the molecule is C/C=C/[C@@H](OC)[C@@H](C)C(=O)N1[C@H]2CC3CC[C@@]2(CS1(=O)=O)C3(C)C. The average Bonchev–Trinajstić information content (AvgIpc) is 2.98. The Morgan fingerprint density at radius 2 is 2.04 bits per heavy atom. The number of amides is 1. The number of methoxy groups -OCH3 is 1. The molecule has 2 saturated carbocycles. The molecule has 136 valence electrons. The number of fused-ring (bicyclic) bond motifs is 1. The minimum Gasteiger partial charge on any atom is -0.377 e. The molecule has 0 radical (unpaired) electrons. The second-order valence-corrected chi connectivity index (χ2v) is 10.1. The summed E-state index contributed by atoms with van der Waals surface area (Å²) in [5, 5.41) is 0. The van der Waals surface area contributed by atoms with Crippen LogP contribution in [0.1, 0.15) is 47.0 Å². The van der Waals surface area contributed by atoms with Crippen molar-refractivity contribution in [1.29, 1.82) is 0 Å². The zero-order chi connectivity index (χ0) is 17.9. The van der Waals surface area contributed by atoms with Crippen LogP contribution in [0.2, 0.25) is 0 Å². The molecule has 2 aliphatic carbocycles. The van der Waals surface area contributed by atoms with E-state index >= 15 is 0 Å². The van der Waals surface area contributed by atoms with Gasteiger partial charge in [0.25, 0.3) is 0 Å². The van der Waals surface area contributed by atoms with Gasteiger partial charge in [0.05, 0.1) is 23.8 Å². The van der Waals surface area contributed by atoms with Gasteiger partial charge in [0, 0.05) is 12.5 Å². The van der Waals surface area contributed by atoms with Gasteiger partial charge >= 0.3 is 0 Å². The number of allylic oxidation sites excluding steroid dienone is 1. The van der Waals surface area contributed by atoms with E-state index < -0.39 is 22.0 Å². The summed E-state index contributed by atoms with van der Waals surface area (Å²) in [4.78, 5) is 13.1. The first kappa shape index (κ1) is 17.9. The van der Waals surface area contributed by atoms with Gasteiger partial charge in [-0.2, -0.15) is 0 Å². The van der Waals surface area contributed by atoms with Crippen molar-refractivity contribution in [3.8, 4) is 0 Å². The van der Waals surface area contributed by atoms with Gasteiger partial charge in [0.1, 0.15) is 0 Å². The smallest absolute Gasteiger partial charge is 0.242 e. The van der Waals surface area contributed by atoms with E-state index in [1.165, 1.54) is 4.31 Å². The van der Waals surface area contributed by atoms with E-state index in [0.29, 0.717) is 5.92 Å². The van der Waals surface area contributed by atoms with E-state index in [1.807, 2.05) is 19.1 Å². The molecule has 1 spiro atoms. The van der Waals surface area contributed by atoms with Crippen LogP contribution in [0, 0.1) is 22.7 Å². The van der Waals surface area contributed by atoms with Gasteiger partial charge in [-0.15, -0.1) is 0 Å². The van der Waals surface area contributed by atoms with Gasteiger partial charge in [0.15, 0.2) is 0 Å². The Morgan fingerprint density at radius 1 is 1.38 bits per heavy atom. The predicted molar refractivity (Wildman–Crippen MR) is 92.8 cm³/mol. The Bertz CT molecular complexity index is 669. The van der Waals surface area contributed by atoms with Crippen LogP contribution in [-0.4, -0.2) is 43.6 Å². The number of hydrogen-bond donors (Lipinski definition) is 0. The normalized spacial score (nSPS) is 38.5. The third-order valence-electron chi connectivity index (χ3n) is 7.16. The molecule has 2 bridgehead atoms. The zero-order valence-corrected chi connectivity index (χ0v) is 16.1. The molecular weight excluding hydrogens is 326 g/mol. The summed E-state index contributed by atoms with van der Waals surface area (Å²) in [6.45, 7) is 8.00. The van der Waals surface area contributed by atoms with Crippen molar-refractivity contribution < 1.29 is 17.9 Å². The summed E-state index contributed by atoms with van der Waals surface area (Å²) in [6, 6.07) is -0.172. The highest BCUT2D eigenvalue weighted by Crippen LogP contribution is 2.70. The lowest BCUT2D eigenvalue weighted by Crippen LogP contribution is -2.47. The number of carbonyl (C=O) groups is 1. The third kappa shape index (κ3) is 2.15. The Morgan fingerprint density at radius 3 is 2.58 bits per heavy atom. The Balaban J connectivity index is 1.96. The van der Waals surface area contributed by atoms with Crippen LogP contribution in [0.15, 0.2) is 12.2 Å². The van der Waals surface area contributed by atoms with Crippen LogP contribution < -0.4 is 0 Å². The summed E-state index contributed by atoms with van der Waals surface area (Å²) >= 11 is 0. The van der Waals surface area contributed by atoms with Gasteiger partial charge in [-0.25, -0.2) is 12.7 Å². The summed E-state index contributed by atoms with van der Waals surface area (Å²) in [6.07, 6.45) is 6.04. The lowest BCUT2D eigenvalue weighted by Gasteiger charge is -2.37. The molecule has 5 atom stereocenters. The van der Waals surface area contributed by atoms with Crippen LogP contribution in [0.25, 0.3) is 0 Å². The molecule has 0 aromatic carbocycles. The van der Waals surface area contributed by atoms with Crippen LogP contribution >= 0.6 is 0 Å². The lowest BCUT2D eigenvalue weighted by molar-refractivity contribution is -0.135. The largest absolute Gasteiger partial charge is 0.377 e. The standard InChI is InChI=1S/C18H29NO4S/c1-6-7-14(23-5)12(2)16(20)19-15-10-13-8-9-18(15,17(13,3)4)11-24(19,21)22/h6-7,12-15H,8-11H2,1-5H3/b7-6+/t12-,13?,14-,15+,18+/m1/s1. The quantitative estimate of drug-likeness (QED) is 0.727. The first-order chi connectivity index (χ1) is 11.1. The number of ether oxygens (including phenoxy) is 1. The van der Waals surface area contributed by atoms with Crippen LogP contribution in [0.3, 0.4) is 0 Å². The molecule has 1 amide bonds. The number of rotatable bonds is 4. The Kier molecular flexibility index (Phi) is 4.15. The predicted octanol–water partition coefficient (Wildman–Crippen LogP) is 2.58. The van der Waals surface area contributed by atoms with Crippen molar-refractivity contribution in [3.05, 3.63) is 12.2 Å². The van der Waals surface area contributed by atoms with Crippen molar-refractivity contribution in [3.63, 3.8) is 0 Å². The maximum absolute atomic E-state index is 13.1. The molecule has 6 heteroatoms. The minimum absolute atomic E-state index is 0.0208. The molecule has 0 aromatic rings. The van der Waals surface area contributed by atoms with E-state index in [-0.39, 0.29) is 28.5 Å². The highest BCUT2D eigenvalue weighted by atomic mass is 32.2. The van der Waals surface area contributed by atoms with Gasteiger partial charge < -0.3 is 4.74 Å². The molecule has 1 heterocycles. The molecule has 24 heavy (non-hydrogen) atoms. The maximum Gasteiger partial charge on any atom is 0.242 e. The second kappa shape index (κ2) is 5.56. The van der Waals surface area contributed by atoms with Crippen molar-refractivity contribution in [1.82, 2.24) is 4.31 Å². The molecule has 1 aliphatic heterocycles. The van der Waals surface area contributed by atoms with Crippen LogP contribution in [0.5, 0.6) is 0 Å². The third-order valence-corrected chi connectivity index (χ3v) is 9.08. The first-order valence-corrected chi connectivity index (χ1v) is 10.4. The van der Waals surface area contributed by atoms with E-state index in [4.69, 9.17) is 4.74 Å². The fraction of sp³-hybridized carbons (Fsp3) is 0.833. The highest BCUT2D eigenvalue weighted by Gasteiger charge is 2.72. The van der Waals surface area contributed by atoms with E-state index in [1.54, 1.807) is 14.0 Å². The van der Waals surface area contributed by atoms with Crippen molar-refractivity contribution in [2.45, 2.75) is 59.1 Å². The van der Waals surface area contributed by atoms with Gasteiger partial charge in [0.2, 0.25) is 15.9 Å². The zero-order valence-electron chi connectivity index (χ0n) is 15.3. The average molecular weight is 356 g/mol. The molecule has 5 nitrogen and oxygen atoms in total. The topological polar surface area (TPSA) is 63.7 Å². The number of sulfonamides is 1. The fourth-order valence-electron chi connectivity index (χ4n) is 5.56. The Labute approximate surface area is 145 Å². The van der Waals surface area contributed by atoms with Crippen LogP contribution in [-0.2, 0) is 19.6 Å². The molecular formula is C18H29NO4S. The van der Waals surface area contributed by atoms with E-state index in [9.17, 15) is 13.2 Å². The summed E-state index contributed by atoms with van der Waals surface area (Å²) in [5.41, 5.74) is -0.290. The monoisotopic (exact) mass is 355 g/mol. The summed E-state index contributed by atoms with van der Waals surface area (Å²) < 4.78 is 32.4. The number of nitrogens with zero attached hydrogens (tertiary/aromatic N) is 1. The first-order valence-electron chi connectivity index (χ1n) is 8.84. The van der Waals surface area contributed by atoms with Crippen molar-refractivity contribution in [2.24, 2.45) is 22.7 Å².